The van der Waals surface area contributed by atoms with Gasteiger partial charge in [0.15, 0.2) is 0 Å². The van der Waals surface area contributed by atoms with Gasteiger partial charge >= 0.3 is 0 Å². The first kappa shape index (κ1) is 13.7. The molecule has 0 bridgehead atoms. The third-order valence-electron chi connectivity index (χ3n) is 2.88. The van der Waals surface area contributed by atoms with Crippen molar-refractivity contribution in [2.75, 3.05) is 0 Å². The zero-order valence-electron chi connectivity index (χ0n) is 11.0. The van der Waals surface area contributed by atoms with Gasteiger partial charge in [-0.3, -0.25) is 15.1 Å². The van der Waals surface area contributed by atoms with Crippen LogP contribution in [0.3, 0.4) is 0 Å². The molecule has 2 aromatic rings. The number of phenols is 1. The highest BCUT2D eigenvalue weighted by molar-refractivity contribution is 5.83. The van der Waals surface area contributed by atoms with E-state index in [0.29, 0.717) is 11.3 Å². The summed E-state index contributed by atoms with van der Waals surface area (Å²) in [4.78, 5) is 14.4. The molecule has 0 saturated heterocycles. The van der Waals surface area contributed by atoms with Gasteiger partial charge in [0.1, 0.15) is 11.4 Å². The van der Waals surface area contributed by atoms with Gasteiger partial charge in [0.25, 0.3) is 5.69 Å². The highest BCUT2D eigenvalue weighted by Crippen LogP contribution is 2.27. The zero-order chi connectivity index (χ0) is 14.5. The van der Waals surface area contributed by atoms with Crippen LogP contribution in [0.25, 0.3) is 0 Å². The molecular weight excluding hydrogens is 256 g/mol. The highest BCUT2D eigenvalue weighted by atomic mass is 16.6. The Hall–Kier alpha value is -2.69. The normalized spacial score (nSPS) is 10.8. The summed E-state index contributed by atoms with van der Waals surface area (Å²) in [5, 5.41) is 20.4. The second-order valence-corrected chi connectivity index (χ2v) is 4.29. The second-order valence-electron chi connectivity index (χ2n) is 4.29. The van der Waals surface area contributed by atoms with E-state index in [-0.39, 0.29) is 11.4 Å². The van der Waals surface area contributed by atoms with Crippen LogP contribution in [0, 0.1) is 10.1 Å². The highest BCUT2D eigenvalue weighted by Gasteiger charge is 2.04. The van der Waals surface area contributed by atoms with E-state index in [1.807, 2.05) is 13.0 Å². The Morgan fingerprint density at radius 2 is 2.10 bits per heavy atom. The van der Waals surface area contributed by atoms with E-state index in [1.54, 1.807) is 24.3 Å². The number of aliphatic imine (C=N–C) groups is 1. The third kappa shape index (κ3) is 3.20. The zero-order valence-corrected chi connectivity index (χ0v) is 11.0. The number of nitro benzene ring substituents is 1. The number of non-ortho nitro benzene ring substituents is 1. The van der Waals surface area contributed by atoms with E-state index in [1.165, 1.54) is 18.3 Å². The van der Waals surface area contributed by atoms with Gasteiger partial charge < -0.3 is 5.11 Å². The van der Waals surface area contributed by atoms with Crippen molar-refractivity contribution < 1.29 is 10.0 Å². The first-order chi connectivity index (χ1) is 9.60. The third-order valence-corrected chi connectivity index (χ3v) is 2.88. The standard InChI is InChI=1S/C15H14N2O3/c1-2-11-6-7-15(18)14(9-11)16-10-12-4-3-5-13(8-12)17(19)20/h3-10,18H,2H2,1H3. The number of aromatic hydroxyl groups is 1. The molecule has 2 rings (SSSR count). The van der Waals surface area contributed by atoms with Crippen LogP contribution < -0.4 is 0 Å². The van der Waals surface area contributed by atoms with Gasteiger partial charge in [-0.15, -0.1) is 0 Å². The molecule has 0 atom stereocenters. The number of nitrogens with zero attached hydrogens (tertiary/aromatic N) is 2. The van der Waals surface area contributed by atoms with E-state index < -0.39 is 4.92 Å². The molecule has 0 spiro atoms. The summed E-state index contributed by atoms with van der Waals surface area (Å²) >= 11 is 0. The van der Waals surface area contributed by atoms with Gasteiger partial charge in [0, 0.05) is 18.3 Å². The van der Waals surface area contributed by atoms with Gasteiger partial charge in [0.2, 0.25) is 0 Å². The van der Waals surface area contributed by atoms with E-state index >= 15 is 0 Å². The fraction of sp³-hybridized carbons (Fsp3) is 0.133. The lowest BCUT2D eigenvalue weighted by Gasteiger charge is -2.02. The van der Waals surface area contributed by atoms with Crippen molar-refractivity contribution in [3.8, 4) is 5.75 Å². The van der Waals surface area contributed by atoms with E-state index in [2.05, 4.69) is 4.99 Å². The molecule has 102 valence electrons. The van der Waals surface area contributed by atoms with Crippen LogP contribution >= 0.6 is 0 Å². The Labute approximate surface area is 116 Å². The van der Waals surface area contributed by atoms with Gasteiger partial charge in [0.05, 0.1) is 4.92 Å². The van der Waals surface area contributed by atoms with Crippen LogP contribution in [-0.2, 0) is 6.42 Å². The Morgan fingerprint density at radius 3 is 2.80 bits per heavy atom. The molecular formula is C15H14N2O3. The Kier molecular flexibility index (Phi) is 4.10. The van der Waals surface area contributed by atoms with Crippen LogP contribution in [0.1, 0.15) is 18.1 Å². The summed E-state index contributed by atoms with van der Waals surface area (Å²) in [6.07, 6.45) is 2.35. The molecule has 5 nitrogen and oxygen atoms in total. The molecule has 1 N–H and O–H groups in total. The molecule has 5 heteroatoms. The van der Waals surface area contributed by atoms with Crippen LogP contribution in [0.4, 0.5) is 11.4 Å². The van der Waals surface area contributed by atoms with E-state index in [4.69, 9.17) is 0 Å². The van der Waals surface area contributed by atoms with Gasteiger partial charge in [-0.2, -0.15) is 0 Å². The van der Waals surface area contributed by atoms with Gasteiger partial charge in [-0.05, 0) is 29.7 Å². The maximum Gasteiger partial charge on any atom is 0.270 e. The molecule has 0 aromatic heterocycles. The molecule has 0 unspecified atom stereocenters. The van der Waals surface area contributed by atoms with E-state index in [0.717, 1.165) is 12.0 Å². The number of aryl methyl sites for hydroxylation is 1. The summed E-state index contributed by atoms with van der Waals surface area (Å²) in [7, 11) is 0. The van der Waals surface area contributed by atoms with Crippen molar-refractivity contribution in [1.29, 1.82) is 0 Å². The smallest absolute Gasteiger partial charge is 0.270 e. The SMILES string of the molecule is CCc1ccc(O)c(N=Cc2cccc([N+](=O)[O-])c2)c1. The summed E-state index contributed by atoms with van der Waals surface area (Å²) in [5.41, 5.74) is 2.14. The number of rotatable bonds is 4. The summed E-state index contributed by atoms with van der Waals surface area (Å²) in [5.74, 6) is 0.0869. The summed E-state index contributed by atoms with van der Waals surface area (Å²) in [6.45, 7) is 2.01. The maximum atomic E-state index is 10.7. The molecule has 0 heterocycles. The average Bonchev–Trinajstić information content (AvgIpc) is 2.46. The first-order valence-corrected chi connectivity index (χ1v) is 6.20. The minimum absolute atomic E-state index is 0.0143. The molecule has 0 aliphatic carbocycles. The number of hydrogen-bond donors (Lipinski definition) is 1. The van der Waals surface area contributed by atoms with Crippen LogP contribution in [0.5, 0.6) is 5.75 Å². The molecule has 0 aliphatic rings. The number of hydrogen-bond acceptors (Lipinski definition) is 4. The minimum atomic E-state index is -0.452. The van der Waals surface area contributed by atoms with Crippen molar-refractivity contribution in [3.63, 3.8) is 0 Å². The number of benzene rings is 2. The fourth-order valence-corrected chi connectivity index (χ4v) is 1.76. The van der Waals surface area contributed by atoms with Gasteiger partial charge in [-0.25, -0.2) is 0 Å². The quantitative estimate of drug-likeness (QED) is 0.523. The summed E-state index contributed by atoms with van der Waals surface area (Å²) in [6, 6.07) is 11.4. The molecule has 2 aromatic carbocycles. The fourth-order valence-electron chi connectivity index (χ4n) is 1.76. The number of nitro groups is 1. The molecule has 0 radical (unpaired) electrons. The van der Waals surface area contributed by atoms with Crippen molar-refractivity contribution in [1.82, 2.24) is 0 Å². The summed E-state index contributed by atoms with van der Waals surface area (Å²) < 4.78 is 0. The van der Waals surface area contributed by atoms with Crippen molar-refractivity contribution in [2.24, 2.45) is 4.99 Å². The number of phenolic OH excluding ortho intramolecular Hbond substituents is 1. The van der Waals surface area contributed by atoms with Crippen molar-refractivity contribution in [2.45, 2.75) is 13.3 Å². The largest absolute Gasteiger partial charge is 0.506 e. The van der Waals surface area contributed by atoms with Crippen LogP contribution in [0.2, 0.25) is 0 Å². The van der Waals surface area contributed by atoms with Crippen LogP contribution in [-0.4, -0.2) is 16.2 Å². The van der Waals surface area contributed by atoms with Crippen molar-refractivity contribution >= 4 is 17.6 Å². The van der Waals surface area contributed by atoms with Crippen molar-refractivity contribution in [3.05, 3.63) is 63.7 Å². The molecule has 0 amide bonds. The van der Waals surface area contributed by atoms with Gasteiger partial charge in [-0.1, -0.05) is 25.1 Å². The minimum Gasteiger partial charge on any atom is -0.506 e. The second kappa shape index (κ2) is 5.97. The topological polar surface area (TPSA) is 75.7 Å². The molecule has 20 heavy (non-hydrogen) atoms. The lowest BCUT2D eigenvalue weighted by atomic mass is 10.1. The van der Waals surface area contributed by atoms with E-state index in [9.17, 15) is 15.2 Å². The first-order valence-electron chi connectivity index (χ1n) is 6.20. The monoisotopic (exact) mass is 270 g/mol. The van der Waals surface area contributed by atoms with Crippen LogP contribution in [0.15, 0.2) is 47.5 Å². The predicted octanol–water partition coefficient (Wildman–Crippen LogP) is 3.61. The maximum absolute atomic E-state index is 10.7. The molecule has 0 aliphatic heterocycles. The lowest BCUT2D eigenvalue weighted by molar-refractivity contribution is -0.384. The Morgan fingerprint density at radius 1 is 1.30 bits per heavy atom. The lowest BCUT2D eigenvalue weighted by Crippen LogP contribution is -1.89. The Balaban J connectivity index is 2.29. The predicted molar refractivity (Wildman–Crippen MR) is 77.8 cm³/mol. The Bertz CT molecular complexity index is 666. The average molecular weight is 270 g/mol. The molecule has 0 saturated carbocycles. The molecule has 0 fully saturated rings.